The highest BCUT2D eigenvalue weighted by atomic mass is 32.2. The van der Waals surface area contributed by atoms with E-state index in [0.29, 0.717) is 17.4 Å². The van der Waals surface area contributed by atoms with E-state index in [1.54, 1.807) is 6.07 Å². The lowest BCUT2D eigenvalue weighted by atomic mass is 9.97. The van der Waals surface area contributed by atoms with E-state index in [-0.39, 0.29) is 0 Å². The molecule has 0 spiro atoms. The van der Waals surface area contributed by atoms with Crippen LogP contribution in [0.3, 0.4) is 0 Å². The number of sulfone groups is 1. The fraction of sp³-hybridized carbons (Fsp3) is 0.632. The summed E-state index contributed by atoms with van der Waals surface area (Å²) in [6.07, 6.45) is 3.67. The summed E-state index contributed by atoms with van der Waals surface area (Å²) in [6.45, 7) is 8.47. The standard InChI is InChI=1S/C19H32N4O2S/c1-5-20-19(21-13-16-8-10-23(3)11-9-16)22-14-17-6-7-18(15(2)12-17)26(4,24)25/h6-7,12,16H,5,8-11,13-14H2,1-4H3,(H2,20,21,22). The Hall–Kier alpha value is -1.60. The minimum Gasteiger partial charge on any atom is -0.357 e. The normalized spacial score (nSPS) is 17.3. The average Bonchev–Trinajstić information content (AvgIpc) is 2.57. The zero-order valence-corrected chi connectivity index (χ0v) is 17.2. The lowest BCUT2D eigenvalue weighted by Crippen LogP contribution is -2.42. The molecule has 0 saturated carbocycles. The first-order valence-corrected chi connectivity index (χ1v) is 11.2. The Labute approximate surface area is 158 Å². The van der Waals surface area contributed by atoms with Gasteiger partial charge in [-0.15, -0.1) is 0 Å². The molecule has 0 aliphatic carbocycles. The molecule has 0 radical (unpaired) electrons. The zero-order chi connectivity index (χ0) is 19.2. The van der Waals surface area contributed by atoms with E-state index in [0.717, 1.165) is 43.3 Å². The molecule has 26 heavy (non-hydrogen) atoms. The van der Waals surface area contributed by atoms with Gasteiger partial charge in [-0.05, 0) is 69.9 Å². The van der Waals surface area contributed by atoms with Crippen molar-refractivity contribution in [2.24, 2.45) is 10.9 Å². The van der Waals surface area contributed by atoms with Crippen molar-refractivity contribution >= 4 is 15.8 Å². The number of hydrogen-bond donors (Lipinski definition) is 2. The molecule has 0 aromatic heterocycles. The molecule has 0 amide bonds. The summed E-state index contributed by atoms with van der Waals surface area (Å²) in [6, 6.07) is 5.42. The Morgan fingerprint density at radius 1 is 1.27 bits per heavy atom. The molecule has 1 heterocycles. The molecule has 1 fully saturated rings. The molecule has 2 N–H and O–H groups in total. The third kappa shape index (κ3) is 6.29. The van der Waals surface area contributed by atoms with Crippen LogP contribution in [0.25, 0.3) is 0 Å². The van der Waals surface area contributed by atoms with Gasteiger partial charge in [-0.1, -0.05) is 12.1 Å². The van der Waals surface area contributed by atoms with Crippen molar-refractivity contribution in [2.75, 3.05) is 39.5 Å². The molecule has 0 bridgehead atoms. The Bertz CT molecular complexity index is 723. The number of benzene rings is 1. The molecule has 6 nitrogen and oxygen atoms in total. The van der Waals surface area contributed by atoms with Crippen LogP contribution in [0.5, 0.6) is 0 Å². The summed E-state index contributed by atoms with van der Waals surface area (Å²) < 4.78 is 23.4. The number of rotatable bonds is 6. The quantitative estimate of drug-likeness (QED) is 0.581. The van der Waals surface area contributed by atoms with Crippen molar-refractivity contribution < 1.29 is 8.42 Å². The second-order valence-electron chi connectivity index (χ2n) is 7.19. The van der Waals surface area contributed by atoms with Gasteiger partial charge in [0.1, 0.15) is 0 Å². The summed E-state index contributed by atoms with van der Waals surface area (Å²) >= 11 is 0. The predicted octanol–water partition coefficient (Wildman–Crippen LogP) is 1.80. The predicted molar refractivity (Wildman–Crippen MR) is 107 cm³/mol. The second kappa shape index (κ2) is 9.37. The number of guanidine groups is 1. The molecule has 1 aromatic carbocycles. The molecule has 1 aliphatic heterocycles. The van der Waals surface area contributed by atoms with Crippen LogP contribution in [0, 0.1) is 12.8 Å². The van der Waals surface area contributed by atoms with Gasteiger partial charge in [-0.25, -0.2) is 13.4 Å². The van der Waals surface area contributed by atoms with E-state index in [9.17, 15) is 8.42 Å². The number of aliphatic imine (C=N–C) groups is 1. The van der Waals surface area contributed by atoms with Crippen molar-refractivity contribution in [1.82, 2.24) is 15.5 Å². The Kier molecular flexibility index (Phi) is 7.46. The maximum Gasteiger partial charge on any atom is 0.191 e. The summed E-state index contributed by atoms with van der Waals surface area (Å²) in [5.41, 5.74) is 1.77. The van der Waals surface area contributed by atoms with E-state index < -0.39 is 9.84 Å². The molecule has 1 saturated heterocycles. The van der Waals surface area contributed by atoms with E-state index in [4.69, 9.17) is 0 Å². The fourth-order valence-corrected chi connectivity index (χ4v) is 4.20. The van der Waals surface area contributed by atoms with Gasteiger partial charge >= 0.3 is 0 Å². The smallest absolute Gasteiger partial charge is 0.191 e. The zero-order valence-electron chi connectivity index (χ0n) is 16.4. The van der Waals surface area contributed by atoms with Crippen molar-refractivity contribution in [3.63, 3.8) is 0 Å². The molecule has 1 aromatic rings. The average molecular weight is 381 g/mol. The van der Waals surface area contributed by atoms with Crippen LogP contribution in [0.4, 0.5) is 0 Å². The fourth-order valence-electron chi connectivity index (χ4n) is 3.25. The van der Waals surface area contributed by atoms with Crippen LogP contribution >= 0.6 is 0 Å². The molecule has 146 valence electrons. The second-order valence-corrected chi connectivity index (χ2v) is 9.18. The van der Waals surface area contributed by atoms with Gasteiger partial charge in [0.15, 0.2) is 15.8 Å². The Morgan fingerprint density at radius 3 is 2.54 bits per heavy atom. The van der Waals surface area contributed by atoms with E-state index in [1.807, 2.05) is 19.1 Å². The molecule has 0 atom stereocenters. The van der Waals surface area contributed by atoms with Crippen LogP contribution in [0.15, 0.2) is 28.1 Å². The minimum absolute atomic E-state index is 0.387. The number of likely N-dealkylation sites (tertiary alicyclic amines) is 1. The summed E-state index contributed by atoms with van der Waals surface area (Å²) in [7, 11) is -1.01. The minimum atomic E-state index is -3.18. The molecule has 2 rings (SSSR count). The van der Waals surface area contributed by atoms with Gasteiger partial charge in [0.25, 0.3) is 0 Å². The maximum absolute atomic E-state index is 11.7. The van der Waals surface area contributed by atoms with Crippen LogP contribution in [-0.2, 0) is 16.4 Å². The van der Waals surface area contributed by atoms with Gasteiger partial charge in [-0.2, -0.15) is 0 Å². The van der Waals surface area contributed by atoms with Gasteiger partial charge in [0.05, 0.1) is 11.4 Å². The van der Waals surface area contributed by atoms with Crippen LogP contribution < -0.4 is 10.6 Å². The maximum atomic E-state index is 11.7. The first-order valence-electron chi connectivity index (χ1n) is 9.30. The van der Waals surface area contributed by atoms with Gasteiger partial charge in [0.2, 0.25) is 0 Å². The van der Waals surface area contributed by atoms with Gasteiger partial charge in [-0.3, -0.25) is 0 Å². The number of piperidine rings is 1. The first kappa shape index (κ1) is 20.7. The number of nitrogens with one attached hydrogen (secondary N) is 2. The van der Waals surface area contributed by atoms with E-state index >= 15 is 0 Å². The highest BCUT2D eigenvalue weighted by Gasteiger charge is 2.16. The van der Waals surface area contributed by atoms with Crippen molar-refractivity contribution in [2.45, 2.75) is 38.1 Å². The van der Waals surface area contributed by atoms with E-state index in [2.05, 4.69) is 34.5 Å². The molecule has 0 unspecified atom stereocenters. The van der Waals surface area contributed by atoms with Crippen LogP contribution in [-0.4, -0.2) is 58.8 Å². The third-order valence-corrected chi connectivity index (χ3v) is 6.06. The topological polar surface area (TPSA) is 73.8 Å². The van der Waals surface area contributed by atoms with Crippen LogP contribution in [0.2, 0.25) is 0 Å². The summed E-state index contributed by atoms with van der Waals surface area (Å²) in [5, 5.41) is 6.73. The van der Waals surface area contributed by atoms with Crippen LogP contribution in [0.1, 0.15) is 30.9 Å². The van der Waals surface area contributed by atoms with E-state index in [1.165, 1.54) is 19.1 Å². The summed E-state index contributed by atoms with van der Waals surface area (Å²) in [4.78, 5) is 7.41. The van der Waals surface area contributed by atoms with Crippen molar-refractivity contribution in [3.8, 4) is 0 Å². The molecular formula is C19H32N4O2S. The largest absolute Gasteiger partial charge is 0.357 e. The third-order valence-electron chi connectivity index (χ3n) is 4.80. The highest BCUT2D eigenvalue weighted by Crippen LogP contribution is 2.17. The lowest BCUT2D eigenvalue weighted by molar-refractivity contribution is 0.220. The van der Waals surface area contributed by atoms with Crippen molar-refractivity contribution in [3.05, 3.63) is 29.3 Å². The number of hydrogen-bond acceptors (Lipinski definition) is 4. The van der Waals surface area contributed by atoms with Gasteiger partial charge in [0, 0.05) is 19.3 Å². The lowest BCUT2D eigenvalue weighted by Gasteiger charge is -2.29. The Morgan fingerprint density at radius 2 is 1.96 bits per heavy atom. The SMILES string of the molecule is CCNC(=NCc1ccc(S(C)(=O)=O)c(C)c1)NCC1CCN(C)CC1. The number of aryl methyl sites for hydroxylation is 1. The number of nitrogens with zero attached hydrogens (tertiary/aromatic N) is 2. The molecule has 1 aliphatic rings. The van der Waals surface area contributed by atoms with Gasteiger partial charge < -0.3 is 15.5 Å². The highest BCUT2D eigenvalue weighted by molar-refractivity contribution is 7.90. The summed E-state index contributed by atoms with van der Waals surface area (Å²) in [5.74, 6) is 1.50. The monoisotopic (exact) mass is 380 g/mol. The molecular weight excluding hydrogens is 348 g/mol. The first-order chi connectivity index (χ1) is 12.3. The Balaban J connectivity index is 1.96. The molecule has 7 heteroatoms. The van der Waals surface area contributed by atoms with Crippen molar-refractivity contribution in [1.29, 1.82) is 0 Å².